The predicted octanol–water partition coefficient (Wildman–Crippen LogP) is 3.04. The fourth-order valence-corrected chi connectivity index (χ4v) is 1.32. The Morgan fingerprint density at radius 2 is 1.64 bits per heavy atom. The van der Waals surface area contributed by atoms with Crippen molar-refractivity contribution in [3.05, 3.63) is 36.4 Å². The van der Waals surface area contributed by atoms with Crippen molar-refractivity contribution in [3.63, 3.8) is 0 Å². The van der Waals surface area contributed by atoms with Crippen LogP contribution in [0.2, 0.25) is 0 Å². The molecule has 0 saturated carbocycles. The average molecular weight is 189 g/mol. The molecule has 0 aromatic heterocycles. The Kier molecular flexibility index (Phi) is 2.65. The summed E-state index contributed by atoms with van der Waals surface area (Å²) in [4.78, 5) is 0. The van der Waals surface area contributed by atoms with E-state index in [1.54, 1.807) is 0 Å². The normalized spacial score (nSPS) is 9.86. The van der Waals surface area contributed by atoms with E-state index in [-0.39, 0.29) is 5.75 Å². The molecule has 1 aromatic carbocycles. The van der Waals surface area contributed by atoms with Gasteiger partial charge in [0.15, 0.2) is 0 Å². The molecular weight excluding hydrogens is 174 g/mol. The molecule has 0 heterocycles. The van der Waals surface area contributed by atoms with Crippen LogP contribution in [0.15, 0.2) is 25.3 Å². The molecule has 1 aromatic rings. The quantitative estimate of drug-likeness (QED) is 0.702. The summed E-state index contributed by atoms with van der Waals surface area (Å²) < 4.78 is 0. The van der Waals surface area contributed by atoms with E-state index in [2.05, 4.69) is 13.2 Å². The summed E-state index contributed by atoms with van der Waals surface area (Å²) in [5.41, 5.74) is 9.55. The van der Waals surface area contributed by atoms with Gasteiger partial charge < -0.3 is 10.8 Å². The van der Waals surface area contributed by atoms with Gasteiger partial charge in [-0.3, -0.25) is 0 Å². The summed E-state index contributed by atoms with van der Waals surface area (Å²) in [7, 11) is 0. The summed E-state index contributed by atoms with van der Waals surface area (Å²) >= 11 is 0. The van der Waals surface area contributed by atoms with Gasteiger partial charge in [-0.1, -0.05) is 13.2 Å². The van der Waals surface area contributed by atoms with Crippen LogP contribution in [0.3, 0.4) is 0 Å². The molecule has 2 nitrogen and oxygen atoms in total. The topological polar surface area (TPSA) is 46.2 Å². The van der Waals surface area contributed by atoms with Crippen molar-refractivity contribution >= 4 is 16.8 Å². The Bertz CT molecular complexity index is 370. The summed E-state index contributed by atoms with van der Waals surface area (Å²) in [5, 5.41) is 9.60. The second-order valence-electron chi connectivity index (χ2n) is 3.52. The molecule has 0 aliphatic heterocycles. The van der Waals surface area contributed by atoms with Crippen molar-refractivity contribution in [1.29, 1.82) is 0 Å². The van der Waals surface area contributed by atoms with Crippen LogP contribution in [0.4, 0.5) is 5.69 Å². The van der Waals surface area contributed by atoms with Crippen LogP contribution in [0.1, 0.15) is 25.0 Å². The molecule has 0 atom stereocenters. The molecule has 0 fully saturated rings. The fraction of sp³-hybridized carbons (Fsp3) is 0.167. The Labute approximate surface area is 84.4 Å². The van der Waals surface area contributed by atoms with Gasteiger partial charge in [-0.2, -0.15) is 0 Å². The highest BCUT2D eigenvalue weighted by Gasteiger charge is 2.07. The van der Waals surface area contributed by atoms with E-state index in [1.807, 2.05) is 19.9 Å². The summed E-state index contributed by atoms with van der Waals surface area (Å²) in [6, 6.07) is 3.35. The lowest BCUT2D eigenvalue weighted by Crippen LogP contribution is -1.94. The van der Waals surface area contributed by atoms with Crippen molar-refractivity contribution in [2.45, 2.75) is 13.8 Å². The van der Waals surface area contributed by atoms with Gasteiger partial charge >= 0.3 is 0 Å². The van der Waals surface area contributed by atoms with Crippen LogP contribution >= 0.6 is 0 Å². The molecule has 3 N–H and O–H groups in total. The number of hydrogen-bond acceptors (Lipinski definition) is 2. The second kappa shape index (κ2) is 3.58. The van der Waals surface area contributed by atoms with Gasteiger partial charge in [-0.05, 0) is 31.1 Å². The molecule has 0 amide bonds. The number of anilines is 1. The number of allylic oxidation sites excluding steroid dienone is 2. The number of phenolic OH excluding ortho intramolecular Hbond substituents is 1. The van der Waals surface area contributed by atoms with Crippen LogP contribution in [-0.2, 0) is 0 Å². The van der Waals surface area contributed by atoms with E-state index < -0.39 is 0 Å². The van der Waals surface area contributed by atoms with Gasteiger partial charge in [0, 0.05) is 22.9 Å². The van der Waals surface area contributed by atoms with Gasteiger partial charge in [-0.25, -0.2) is 0 Å². The van der Waals surface area contributed by atoms with Crippen molar-refractivity contribution in [1.82, 2.24) is 0 Å². The predicted molar refractivity (Wildman–Crippen MR) is 61.9 cm³/mol. The molecule has 0 aliphatic rings. The Morgan fingerprint density at radius 3 is 2.07 bits per heavy atom. The second-order valence-corrected chi connectivity index (χ2v) is 3.52. The highest BCUT2D eigenvalue weighted by molar-refractivity contribution is 5.79. The van der Waals surface area contributed by atoms with E-state index in [0.29, 0.717) is 5.69 Å². The molecule has 0 unspecified atom stereocenters. The maximum absolute atomic E-state index is 9.60. The first-order chi connectivity index (χ1) is 6.43. The SMILES string of the molecule is C=C(C)c1cc(C(=C)C)c(O)cc1N. The van der Waals surface area contributed by atoms with Gasteiger partial charge in [-0.15, -0.1) is 0 Å². The van der Waals surface area contributed by atoms with Crippen molar-refractivity contribution in [2.24, 2.45) is 0 Å². The Hall–Kier alpha value is -1.70. The molecule has 0 spiro atoms. The maximum atomic E-state index is 9.60. The number of rotatable bonds is 2. The van der Waals surface area contributed by atoms with Crippen molar-refractivity contribution in [2.75, 3.05) is 5.73 Å². The molecule has 0 aliphatic carbocycles. The number of benzene rings is 1. The monoisotopic (exact) mass is 189 g/mol. The third kappa shape index (κ3) is 1.79. The summed E-state index contributed by atoms with van der Waals surface area (Å²) in [6.45, 7) is 11.3. The third-order valence-electron chi connectivity index (χ3n) is 2.09. The van der Waals surface area contributed by atoms with E-state index >= 15 is 0 Å². The molecule has 2 heteroatoms. The molecule has 0 radical (unpaired) electrons. The first kappa shape index (κ1) is 10.4. The van der Waals surface area contributed by atoms with Crippen LogP contribution in [0, 0.1) is 0 Å². The van der Waals surface area contributed by atoms with Crippen molar-refractivity contribution in [3.8, 4) is 5.75 Å². The maximum Gasteiger partial charge on any atom is 0.125 e. The van der Waals surface area contributed by atoms with Gasteiger partial charge in [0.25, 0.3) is 0 Å². The summed E-state index contributed by atoms with van der Waals surface area (Å²) in [5.74, 6) is 0.167. The molecule has 1 rings (SSSR count). The molecule has 74 valence electrons. The van der Waals surface area contributed by atoms with E-state index in [9.17, 15) is 5.11 Å². The Balaban J connectivity index is 3.42. The zero-order chi connectivity index (χ0) is 10.9. The van der Waals surface area contributed by atoms with Crippen molar-refractivity contribution < 1.29 is 5.11 Å². The lowest BCUT2D eigenvalue weighted by molar-refractivity contribution is 0.474. The number of nitrogens with two attached hydrogens (primary N) is 1. The van der Waals surface area contributed by atoms with Crippen LogP contribution in [0.25, 0.3) is 11.1 Å². The molecule has 14 heavy (non-hydrogen) atoms. The van der Waals surface area contributed by atoms with Crippen LogP contribution < -0.4 is 5.73 Å². The largest absolute Gasteiger partial charge is 0.507 e. The van der Waals surface area contributed by atoms with Crippen LogP contribution in [-0.4, -0.2) is 5.11 Å². The van der Waals surface area contributed by atoms with Gasteiger partial charge in [0.05, 0.1) is 0 Å². The Morgan fingerprint density at radius 1 is 1.14 bits per heavy atom. The minimum atomic E-state index is 0.167. The van der Waals surface area contributed by atoms with Gasteiger partial charge in [0.1, 0.15) is 5.75 Å². The minimum Gasteiger partial charge on any atom is -0.507 e. The highest BCUT2D eigenvalue weighted by atomic mass is 16.3. The average Bonchev–Trinajstić information content (AvgIpc) is 2.02. The zero-order valence-electron chi connectivity index (χ0n) is 8.59. The smallest absolute Gasteiger partial charge is 0.125 e. The number of nitrogen functional groups attached to an aromatic ring is 1. The highest BCUT2D eigenvalue weighted by Crippen LogP contribution is 2.31. The standard InChI is InChI=1S/C12H15NO/c1-7(2)9-5-10(8(3)4)12(14)6-11(9)13/h5-6,14H,1,3,13H2,2,4H3. The van der Waals surface area contributed by atoms with E-state index in [0.717, 1.165) is 22.3 Å². The minimum absolute atomic E-state index is 0.167. The summed E-state index contributed by atoms with van der Waals surface area (Å²) in [6.07, 6.45) is 0. The number of phenols is 1. The number of aromatic hydroxyl groups is 1. The first-order valence-corrected chi connectivity index (χ1v) is 4.37. The lowest BCUT2D eigenvalue weighted by Gasteiger charge is -2.10. The van der Waals surface area contributed by atoms with E-state index in [4.69, 9.17) is 5.73 Å². The number of hydrogen-bond donors (Lipinski definition) is 2. The zero-order valence-corrected chi connectivity index (χ0v) is 8.59. The van der Waals surface area contributed by atoms with Gasteiger partial charge in [0.2, 0.25) is 0 Å². The first-order valence-electron chi connectivity index (χ1n) is 4.37. The van der Waals surface area contributed by atoms with E-state index in [1.165, 1.54) is 6.07 Å². The fourth-order valence-electron chi connectivity index (χ4n) is 1.32. The van der Waals surface area contributed by atoms with Crippen LogP contribution in [0.5, 0.6) is 5.75 Å². The lowest BCUT2D eigenvalue weighted by atomic mass is 9.99. The third-order valence-corrected chi connectivity index (χ3v) is 2.09. The molecular formula is C12H15NO. The molecule has 0 saturated heterocycles. The molecule has 0 bridgehead atoms.